The van der Waals surface area contributed by atoms with Gasteiger partial charge in [-0.05, 0) is 54.4 Å². The third-order valence-corrected chi connectivity index (χ3v) is 5.47. The first-order valence-electron chi connectivity index (χ1n) is 9.27. The topological polar surface area (TPSA) is 85.6 Å². The molecule has 1 amide bonds. The van der Waals surface area contributed by atoms with Crippen LogP contribution in [-0.2, 0) is 19.9 Å². The SMILES string of the molecule is Cn1nnc2cc(C(=O)Nc3ncc4c(n3)CC[C@@H](C(C)(C)C)C4)ccc21. The summed E-state index contributed by atoms with van der Waals surface area (Å²) in [5.74, 6) is 0.742. The van der Waals surface area contributed by atoms with Crippen molar-refractivity contribution in [2.45, 2.75) is 40.0 Å². The highest BCUT2D eigenvalue weighted by Crippen LogP contribution is 2.36. The number of anilines is 1. The fraction of sp³-hybridized carbons (Fsp3) is 0.450. The zero-order valence-electron chi connectivity index (χ0n) is 16.2. The number of nitrogens with one attached hydrogen (secondary N) is 1. The van der Waals surface area contributed by atoms with Crippen LogP contribution in [0.5, 0.6) is 0 Å². The number of aromatic nitrogens is 5. The van der Waals surface area contributed by atoms with Crippen LogP contribution in [0.1, 0.15) is 48.8 Å². The van der Waals surface area contributed by atoms with E-state index >= 15 is 0 Å². The molecule has 140 valence electrons. The Morgan fingerprint density at radius 3 is 2.89 bits per heavy atom. The smallest absolute Gasteiger partial charge is 0.258 e. The number of carbonyl (C=O) groups is 1. The van der Waals surface area contributed by atoms with Crippen molar-refractivity contribution in [2.24, 2.45) is 18.4 Å². The van der Waals surface area contributed by atoms with E-state index in [1.807, 2.05) is 19.3 Å². The van der Waals surface area contributed by atoms with Gasteiger partial charge in [-0.15, -0.1) is 5.10 Å². The lowest BCUT2D eigenvalue weighted by Crippen LogP contribution is -2.28. The molecule has 27 heavy (non-hydrogen) atoms. The van der Waals surface area contributed by atoms with E-state index in [0.717, 1.165) is 30.5 Å². The number of hydrogen-bond acceptors (Lipinski definition) is 5. The largest absolute Gasteiger partial charge is 0.290 e. The van der Waals surface area contributed by atoms with Gasteiger partial charge >= 0.3 is 0 Å². The molecule has 7 nitrogen and oxygen atoms in total. The van der Waals surface area contributed by atoms with Gasteiger partial charge in [0.25, 0.3) is 5.91 Å². The van der Waals surface area contributed by atoms with Crippen molar-refractivity contribution in [3.63, 3.8) is 0 Å². The van der Waals surface area contributed by atoms with Gasteiger partial charge in [0, 0.05) is 24.5 Å². The highest BCUT2D eigenvalue weighted by Gasteiger charge is 2.29. The van der Waals surface area contributed by atoms with E-state index < -0.39 is 0 Å². The molecule has 1 aromatic carbocycles. The van der Waals surface area contributed by atoms with Crippen LogP contribution in [0.4, 0.5) is 5.95 Å². The van der Waals surface area contributed by atoms with Gasteiger partial charge in [-0.25, -0.2) is 14.6 Å². The summed E-state index contributed by atoms with van der Waals surface area (Å²) in [6.45, 7) is 6.85. The maximum atomic E-state index is 12.6. The minimum atomic E-state index is -0.245. The number of amides is 1. The standard InChI is InChI=1S/C20H24N6O/c1-20(2,3)14-6-7-15-13(9-14)11-21-19(22-15)23-18(27)12-5-8-17-16(10-12)24-25-26(17)4/h5,8,10-11,14H,6-7,9H2,1-4H3,(H,21,22,23,27)/t14-/m1/s1. The molecule has 3 aromatic rings. The molecule has 0 fully saturated rings. The highest BCUT2D eigenvalue weighted by molar-refractivity contribution is 6.05. The van der Waals surface area contributed by atoms with Gasteiger partial charge in [-0.1, -0.05) is 26.0 Å². The summed E-state index contributed by atoms with van der Waals surface area (Å²) in [5.41, 5.74) is 4.60. The van der Waals surface area contributed by atoms with Crippen LogP contribution < -0.4 is 5.32 Å². The molecule has 0 spiro atoms. The van der Waals surface area contributed by atoms with Crippen molar-refractivity contribution in [2.75, 3.05) is 5.32 Å². The molecule has 0 unspecified atom stereocenters. The number of aryl methyl sites for hydroxylation is 2. The van der Waals surface area contributed by atoms with Crippen LogP contribution in [-0.4, -0.2) is 30.9 Å². The molecule has 7 heteroatoms. The van der Waals surface area contributed by atoms with Gasteiger partial charge in [0.1, 0.15) is 5.52 Å². The Bertz CT molecular complexity index is 1020. The summed E-state index contributed by atoms with van der Waals surface area (Å²) in [7, 11) is 1.82. The third kappa shape index (κ3) is 3.41. The Balaban J connectivity index is 1.52. The molecule has 0 aliphatic heterocycles. The predicted octanol–water partition coefficient (Wildman–Crippen LogP) is 3.16. The second kappa shape index (κ2) is 6.40. The van der Waals surface area contributed by atoms with Gasteiger partial charge in [0.05, 0.1) is 5.52 Å². The summed E-state index contributed by atoms with van der Waals surface area (Å²) in [6, 6.07) is 5.32. The number of benzene rings is 1. The summed E-state index contributed by atoms with van der Waals surface area (Å²) in [6.07, 6.45) is 4.90. The van der Waals surface area contributed by atoms with E-state index in [-0.39, 0.29) is 11.3 Å². The molecule has 2 aromatic heterocycles. The average Bonchev–Trinajstić information content (AvgIpc) is 3.01. The van der Waals surface area contributed by atoms with E-state index in [1.54, 1.807) is 16.8 Å². The number of rotatable bonds is 2. The Morgan fingerprint density at radius 1 is 1.30 bits per heavy atom. The molecule has 1 atom stereocenters. The minimum Gasteiger partial charge on any atom is -0.290 e. The van der Waals surface area contributed by atoms with Gasteiger partial charge in [0.15, 0.2) is 0 Å². The summed E-state index contributed by atoms with van der Waals surface area (Å²) < 4.78 is 1.68. The van der Waals surface area contributed by atoms with Crippen LogP contribution in [0.25, 0.3) is 11.0 Å². The molecule has 1 aliphatic carbocycles. The summed E-state index contributed by atoms with van der Waals surface area (Å²) in [5, 5.41) is 10.8. The van der Waals surface area contributed by atoms with E-state index in [2.05, 4.69) is 46.4 Å². The molecule has 4 rings (SSSR count). The number of nitrogens with zero attached hydrogens (tertiary/aromatic N) is 5. The Hall–Kier alpha value is -2.83. The van der Waals surface area contributed by atoms with Crippen LogP contribution >= 0.6 is 0 Å². The van der Waals surface area contributed by atoms with Crippen LogP contribution in [0, 0.1) is 11.3 Å². The monoisotopic (exact) mass is 364 g/mol. The molecular formula is C20H24N6O. The maximum absolute atomic E-state index is 12.6. The zero-order chi connectivity index (χ0) is 19.2. The Morgan fingerprint density at radius 2 is 2.11 bits per heavy atom. The van der Waals surface area contributed by atoms with E-state index in [4.69, 9.17) is 0 Å². The summed E-state index contributed by atoms with van der Waals surface area (Å²) >= 11 is 0. The molecule has 0 radical (unpaired) electrons. The average molecular weight is 364 g/mol. The molecule has 0 saturated carbocycles. The fourth-order valence-electron chi connectivity index (χ4n) is 3.66. The van der Waals surface area contributed by atoms with Gasteiger partial charge in [-0.2, -0.15) is 0 Å². The van der Waals surface area contributed by atoms with Gasteiger partial charge in [-0.3, -0.25) is 10.1 Å². The van der Waals surface area contributed by atoms with Crippen molar-refractivity contribution in [1.82, 2.24) is 25.0 Å². The van der Waals surface area contributed by atoms with Crippen LogP contribution in [0.2, 0.25) is 0 Å². The van der Waals surface area contributed by atoms with Crippen molar-refractivity contribution in [3.05, 3.63) is 41.2 Å². The molecular weight excluding hydrogens is 340 g/mol. The van der Waals surface area contributed by atoms with Crippen molar-refractivity contribution in [3.8, 4) is 0 Å². The van der Waals surface area contributed by atoms with E-state index in [9.17, 15) is 4.79 Å². The Kier molecular flexibility index (Phi) is 4.17. The number of carbonyl (C=O) groups excluding carboxylic acids is 1. The van der Waals surface area contributed by atoms with Gasteiger partial charge in [0.2, 0.25) is 5.95 Å². The van der Waals surface area contributed by atoms with Crippen molar-refractivity contribution >= 4 is 22.9 Å². The number of hydrogen-bond donors (Lipinski definition) is 1. The molecule has 2 heterocycles. The molecule has 1 N–H and O–H groups in total. The lowest BCUT2D eigenvalue weighted by molar-refractivity contribution is 0.102. The fourth-order valence-corrected chi connectivity index (χ4v) is 3.66. The second-order valence-electron chi connectivity index (χ2n) is 8.34. The zero-order valence-corrected chi connectivity index (χ0v) is 16.2. The first kappa shape index (κ1) is 17.6. The lowest BCUT2D eigenvalue weighted by Gasteiger charge is -2.34. The first-order chi connectivity index (χ1) is 12.8. The second-order valence-corrected chi connectivity index (χ2v) is 8.34. The highest BCUT2D eigenvalue weighted by atomic mass is 16.1. The summed E-state index contributed by atoms with van der Waals surface area (Å²) in [4.78, 5) is 21.5. The third-order valence-electron chi connectivity index (χ3n) is 5.47. The molecule has 1 aliphatic rings. The normalized spacial score (nSPS) is 17.0. The van der Waals surface area contributed by atoms with Crippen molar-refractivity contribution in [1.29, 1.82) is 0 Å². The first-order valence-corrected chi connectivity index (χ1v) is 9.27. The van der Waals surface area contributed by atoms with Crippen molar-refractivity contribution < 1.29 is 4.79 Å². The van der Waals surface area contributed by atoms with E-state index in [1.165, 1.54) is 5.56 Å². The van der Waals surface area contributed by atoms with Crippen LogP contribution in [0.15, 0.2) is 24.4 Å². The van der Waals surface area contributed by atoms with Crippen LogP contribution in [0.3, 0.4) is 0 Å². The van der Waals surface area contributed by atoms with E-state index in [0.29, 0.717) is 22.9 Å². The quantitative estimate of drug-likeness (QED) is 0.755. The molecule has 0 saturated heterocycles. The number of fused-ring (bicyclic) bond motifs is 2. The maximum Gasteiger partial charge on any atom is 0.258 e. The predicted molar refractivity (Wildman–Crippen MR) is 103 cm³/mol. The lowest BCUT2D eigenvalue weighted by atomic mass is 9.72. The van der Waals surface area contributed by atoms with Gasteiger partial charge < -0.3 is 0 Å². The molecule has 0 bridgehead atoms. The minimum absolute atomic E-state index is 0.245. The Labute approximate surface area is 158 Å².